The molecule has 7 nitrogen and oxygen atoms in total. The molecular weight excluding hydrogens is 368 g/mol. The quantitative estimate of drug-likeness (QED) is 0.642. The summed E-state index contributed by atoms with van der Waals surface area (Å²) in [6.45, 7) is 4.31. The summed E-state index contributed by atoms with van der Waals surface area (Å²) in [6.07, 6.45) is 4.55. The van der Waals surface area contributed by atoms with Gasteiger partial charge in [0.25, 0.3) is 0 Å². The van der Waals surface area contributed by atoms with Crippen molar-refractivity contribution in [2.75, 3.05) is 13.7 Å². The monoisotopic (exact) mass is 392 g/mol. The second kappa shape index (κ2) is 7.66. The average molecular weight is 392 g/mol. The van der Waals surface area contributed by atoms with Gasteiger partial charge in [0.15, 0.2) is 0 Å². The van der Waals surface area contributed by atoms with E-state index in [4.69, 9.17) is 9.47 Å². The Hall–Kier alpha value is -3.22. The SMILES string of the molecule is COc1ccc([C@H]2C[C@@H]2COc2nc(C)ncc2-c2ccc(=O)n(C)c2C)nc1. The summed E-state index contributed by atoms with van der Waals surface area (Å²) in [4.78, 5) is 25.2. The molecule has 0 unspecified atom stereocenters. The van der Waals surface area contributed by atoms with E-state index in [0.29, 0.717) is 30.1 Å². The molecule has 0 saturated heterocycles. The summed E-state index contributed by atoms with van der Waals surface area (Å²) >= 11 is 0. The molecule has 1 saturated carbocycles. The van der Waals surface area contributed by atoms with Gasteiger partial charge in [-0.1, -0.05) is 0 Å². The predicted octanol–water partition coefficient (Wildman–Crippen LogP) is 3.05. The van der Waals surface area contributed by atoms with Crippen LogP contribution in [0, 0.1) is 19.8 Å². The van der Waals surface area contributed by atoms with Crippen LogP contribution in [0.5, 0.6) is 11.6 Å². The molecular formula is C22H24N4O3. The summed E-state index contributed by atoms with van der Waals surface area (Å²) in [5.74, 6) is 2.76. The zero-order valence-electron chi connectivity index (χ0n) is 17.0. The molecule has 7 heteroatoms. The fourth-order valence-corrected chi connectivity index (χ4v) is 3.47. The average Bonchev–Trinajstić information content (AvgIpc) is 3.51. The molecule has 3 heterocycles. The highest BCUT2D eigenvalue weighted by atomic mass is 16.5. The van der Waals surface area contributed by atoms with E-state index >= 15 is 0 Å². The van der Waals surface area contributed by atoms with Crippen molar-refractivity contribution in [3.8, 4) is 22.8 Å². The van der Waals surface area contributed by atoms with Gasteiger partial charge in [0.2, 0.25) is 11.4 Å². The summed E-state index contributed by atoms with van der Waals surface area (Å²) in [6, 6.07) is 7.31. The van der Waals surface area contributed by atoms with Crippen LogP contribution in [0.2, 0.25) is 0 Å². The third-order valence-electron chi connectivity index (χ3n) is 5.51. The van der Waals surface area contributed by atoms with Crippen LogP contribution >= 0.6 is 0 Å². The van der Waals surface area contributed by atoms with Crippen LogP contribution in [0.15, 0.2) is 41.5 Å². The molecule has 1 aliphatic carbocycles. The maximum atomic E-state index is 11.9. The van der Waals surface area contributed by atoms with E-state index in [-0.39, 0.29) is 5.56 Å². The Morgan fingerprint density at radius 3 is 2.66 bits per heavy atom. The van der Waals surface area contributed by atoms with Crippen LogP contribution in [0.4, 0.5) is 0 Å². The zero-order valence-corrected chi connectivity index (χ0v) is 17.0. The summed E-state index contributed by atoms with van der Waals surface area (Å²) < 4.78 is 12.9. The van der Waals surface area contributed by atoms with Crippen molar-refractivity contribution < 1.29 is 9.47 Å². The van der Waals surface area contributed by atoms with Crippen molar-refractivity contribution in [3.05, 3.63) is 64.2 Å². The van der Waals surface area contributed by atoms with E-state index in [2.05, 4.69) is 15.0 Å². The fourth-order valence-electron chi connectivity index (χ4n) is 3.47. The number of nitrogens with zero attached hydrogens (tertiary/aromatic N) is 4. The Morgan fingerprint density at radius 2 is 1.93 bits per heavy atom. The molecule has 0 spiro atoms. The van der Waals surface area contributed by atoms with Crippen molar-refractivity contribution in [1.82, 2.24) is 19.5 Å². The molecule has 3 aromatic rings. The van der Waals surface area contributed by atoms with Gasteiger partial charge in [-0.25, -0.2) is 4.98 Å². The Labute approximate surface area is 169 Å². The molecule has 0 amide bonds. The number of aryl methyl sites for hydroxylation is 1. The number of ether oxygens (including phenoxy) is 2. The summed E-state index contributed by atoms with van der Waals surface area (Å²) in [5.41, 5.74) is 3.55. The third-order valence-corrected chi connectivity index (χ3v) is 5.51. The molecule has 0 bridgehead atoms. The van der Waals surface area contributed by atoms with Crippen LogP contribution in [0.25, 0.3) is 11.1 Å². The molecule has 0 aliphatic heterocycles. The Balaban J connectivity index is 1.52. The molecule has 3 aromatic heterocycles. The number of hydrogen-bond donors (Lipinski definition) is 0. The number of aromatic nitrogens is 4. The molecule has 0 radical (unpaired) electrons. The van der Waals surface area contributed by atoms with E-state index in [1.807, 2.05) is 26.0 Å². The van der Waals surface area contributed by atoms with Crippen LogP contribution in [0.1, 0.15) is 29.6 Å². The molecule has 150 valence electrons. The van der Waals surface area contributed by atoms with Crippen molar-refractivity contribution in [1.29, 1.82) is 0 Å². The molecule has 1 fully saturated rings. The maximum Gasteiger partial charge on any atom is 0.250 e. The summed E-state index contributed by atoms with van der Waals surface area (Å²) in [5, 5.41) is 0. The summed E-state index contributed by atoms with van der Waals surface area (Å²) in [7, 11) is 3.39. The van der Waals surface area contributed by atoms with Crippen molar-refractivity contribution >= 4 is 0 Å². The molecule has 0 N–H and O–H groups in total. The van der Waals surface area contributed by atoms with Gasteiger partial charge in [0, 0.05) is 48.1 Å². The highest BCUT2D eigenvalue weighted by molar-refractivity contribution is 5.69. The molecule has 1 aliphatic rings. The predicted molar refractivity (Wildman–Crippen MR) is 109 cm³/mol. The first-order valence-corrected chi connectivity index (χ1v) is 9.61. The van der Waals surface area contributed by atoms with Crippen LogP contribution < -0.4 is 15.0 Å². The van der Waals surface area contributed by atoms with Crippen molar-refractivity contribution in [2.45, 2.75) is 26.2 Å². The number of pyridine rings is 2. The van der Waals surface area contributed by atoms with Gasteiger partial charge >= 0.3 is 0 Å². The minimum Gasteiger partial charge on any atom is -0.495 e. The Bertz CT molecular complexity index is 1090. The lowest BCUT2D eigenvalue weighted by Crippen LogP contribution is -2.18. The van der Waals surface area contributed by atoms with Gasteiger partial charge in [-0.2, -0.15) is 4.98 Å². The number of rotatable bonds is 6. The zero-order chi connectivity index (χ0) is 20.5. The topological polar surface area (TPSA) is 79.1 Å². The second-order valence-corrected chi connectivity index (χ2v) is 7.40. The highest BCUT2D eigenvalue weighted by Crippen LogP contribution is 2.47. The first-order valence-electron chi connectivity index (χ1n) is 9.61. The van der Waals surface area contributed by atoms with Crippen molar-refractivity contribution in [3.63, 3.8) is 0 Å². The highest BCUT2D eigenvalue weighted by Gasteiger charge is 2.40. The molecule has 0 aromatic carbocycles. The van der Waals surface area contributed by atoms with Gasteiger partial charge < -0.3 is 14.0 Å². The number of hydrogen-bond acceptors (Lipinski definition) is 6. The first-order chi connectivity index (χ1) is 14.0. The van der Waals surface area contributed by atoms with Crippen molar-refractivity contribution in [2.24, 2.45) is 13.0 Å². The van der Waals surface area contributed by atoms with Gasteiger partial charge in [0.05, 0.1) is 25.5 Å². The first kappa shape index (κ1) is 19.1. The Morgan fingerprint density at radius 1 is 1.10 bits per heavy atom. The smallest absolute Gasteiger partial charge is 0.250 e. The third kappa shape index (κ3) is 3.85. The van der Waals surface area contributed by atoms with Gasteiger partial charge in [0.1, 0.15) is 11.6 Å². The van der Waals surface area contributed by atoms with E-state index in [1.54, 1.807) is 43.3 Å². The lowest BCUT2D eigenvalue weighted by Gasteiger charge is -2.14. The fraction of sp³-hybridized carbons (Fsp3) is 0.364. The minimum atomic E-state index is -0.0467. The normalized spacial score (nSPS) is 17.8. The van der Waals surface area contributed by atoms with E-state index in [0.717, 1.165) is 34.7 Å². The van der Waals surface area contributed by atoms with Crippen LogP contribution in [0.3, 0.4) is 0 Å². The lowest BCUT2D eigenvalue weighted by atomic mass is 10.1. The van der Waals surface area contributed by atoms with E-state index in [1.165, 1.54) is 0 Å². The second-order valence-electron chi connectivity index (χ2n) is 7.40. The lowest BCUT2D eigenvalue weighted by molar-refractivity contribution is 0.285. The minimum absolute atomic E-state index is 0.0467. The standard InChI is InChI=1S/C22H24N4O3/c1-13-17(6-8-21(27)26(13)3)19-11-23-14(2)25-22(19)29-12-15-9-18(15)20-7-5-16(28-4)10-24-20/h5-8,10-11,15,18H,9,12H2,1-4H3/t15-,18+/m1/s1. The van der Waals surface area contributed by atoms with Crippen LogP contribution in [-0.4, -0.2) is 33.2 Å². The number of methoxy groups -OCH3 is 1. The molecule has 2 atom stereocenters. The Kier molecular flexibility index (Phi) is 5.05. The van der Waals surface area contributed by atoms with Gasteiger partial charge in [-0.05, 0) is 38.5 Å². The maximum absolute atomic E-state index is 11.9. The van der Waals surface area contributed by atoms with E-state index in [9.17, 15) is 4.79 Å². The largest absolute Gasteiger partial charge is 0.495 e. The molecule has 4 rings (SSSR count). The van der Waals surface area contributed by atoms with Gasteiger partial charge in [-0.15, -0.1) is 0 Å². The molecule has 29 heavy (non-hydrogen) atoms. The van der Waals surface area contributed by atoms with Crippen LogP contribution in [-0.2, 0) is 7.05 Å². The van der Waals surface area contributed by atoms with E-state index < -0.39 is 0 Å². The van der Waals surface area contributed by atoms with Gasteiger partial charge in [-0.3, -0.25) is 9.78 Å².